The SMILES string of the molecule is O=C(N/N=C\c1ccc(OCc2ccc(Br)cc2)c(I)c1)c1cccc(C(F)(F)F)c1. The summed E-state index contributed by atoms with van der Waals surface area (Å²) in [4.78, 5) is 12.1. The van der Waals surface area contributed by atoms with Crippen molar-refractivity contribution < 1.29 is 22.7 Å². The molecule has 0 radical (unpaired) electrons. The normalized spacial score (nSPS) is 11.5. The monoisotopic (exact) mass is 602 g/mol. The number of amides is 1. The fraction of sp³-hybridized carbons (Fsp3) is 0.0909. The molecule has 3 rings (SSSR count). The Morgan fingerprint density at radius 2 is 1.84 bits per heavy atom. The molecule has 1 amide bonds. The highest BCUT2D eigenvalue weighted by atomic mass is 127. The van der Waals surface area contributed by atoms with Gasteiger partial charge in [0.1, 0.15) is 12.4 Å². The summed E-state index contributed by atoms with van der Waals surface area (Å²) >= 11 is 5.52. The molecule has 0 aliphatic carbocycles. The summed E-state index contributed by atoms with van der Waals surface area (Å²) in [7, 11) is 0. The van der Waals surface area contributed by atoms with Crippen molar-refractivity contribution in [2.24, 2.45) is 5.10 Å². The molecule has 0 atom stereocenters. The van der Waals surface area contributed by atoms with Gasteiger partial charge in [0.15, 0.2) is 0 Å². The zero-order valence-corrected chi connectivity index (χ0v) is 19.5. The van der Waals surface area contributed by atoms with Gasteiger partial charge in [-0.3, -0.25) is 4.79 Å². The van der Waals surface area contributed by atoms with Gasteiger partial charge in [-0.05, 0) is 82.2 Å². The van der Waals surface area contributed by atoms with E-state index in [0.717, 1.165) is 25.7 Å². The molecule has 4 nitrogen and oxygen atoms in total. The minimum atomic E-state index is -4.52. The molecule has 1 N–H and O–H groups in total. The van der Waals surface area contributed by atoms with Crippen molar-refractivity contribution >= 4 is 50.6 Å². The summed E-state index contributed by atoms with van der Waals surface area (Å²) in [5, 5.41) is 3.83. The Morgan fingerprint density at radius 1 is 1.10 bits per heavy atom. The Balaban J connectivity index is 1.59. The topological polar surface area (TPSA) is 50.7 Å². The molecule has 0 bridgehead atoms. The third-order valence-corrected chi connectivity index (χ3v) is 5.47. The molecule has 0 aliphatic heterocycles. The van der Waals surface area contributed by atoms with Crippen molar-refractivity contribution in [1.29, 1.82) is 0 Å². The number of nitrogens with one attached hydrogen (secondary N) is 1. The Morgan fingerprint density at radius 3 is 2.52 bits per heavy atom. The van der Waals surface area contributed by atoms with E-state index >= 15 is 0 Å². The predicted octanol–water partition coefficient (Wildman–Crippen LogP) is 6.42. The molecule has 0 aliphatic rings. The first-order valence-electron chi connectivity index (χ1n) is 8.90. The zero-order chi connectivity index (χ0) is 22.4. The summed E-state index contributed by atoms with van der Waals surface area (Å²) in [6.07, 6.45) is -3.11. The number of carbonyl (C=O) groups excluding carboxylic acids is 1. The largest absolute Gasteiger partial charge is 0.488 e. The lowest BCUT2D eigenvalue weighted by Gasteiger charge is -2.09. The van der Waals surface area contributed by atoms with E-state index < -0.39 is 17.6 Å². The van der Waals surface area contributed by atoms with Crippen LogP contribution in [-0.2, 0) is 12.8 Å². The van der Waals surface area contributed by atoms with Crippen LogP contribution in [0.2, 0.25) is 0 Å². The summed E-state index contributed by atoms with van der Waals surface area (Å²) in [6.45, 7) is 0.420. The van der Waals surface area contributed by atoms with Crippen LogP contribution in [0.15, 0.2) is 76.3 Å². The van der Waals surface area contributed by atoms with Crippen LogP contribution >= 0.6 is 38.5 Å². The van der Waals surface area contributed by atoms with E-state index in [-0.39, 0.29) is 5.56 Å². The number of carbonyl (C=O) groups is 1. The number of ether oxygens (including phenoxy) is 1. The Kier molecular flexibility index (Phi) is 7.71. The molecule has 0 unspecified atom stereocenters. The molecular weight excluding hydrogens is 588 g/mol. The third kappa shape index (κ3) is 6.79. The van der Waals surface area contributed by atoms with Crippen molar-refractivity contribution in [2.45, 2.75) is 12.8 Å². The summed E-state index contributed by atoms with van der Waals surface area (Å²) in [6, 6.07) is 17.3. The molecular formula is C22H15BrF3IN2O2. The first kappa shape index (κ1) is 23.3. The van der Waals surface area contributed by atoms with Crippen LogP contribution in [0.3, 0.4) is 0 Å². The Bertz CT molecular complexity index is 1100. The smallest absolute Gasteiger partial charge is 0.416 e. The van der Waals surface area contributed by atoms with Crippen LogP contribution < -0.4 is 10.2 Å². The van der Waals surface area contributed by atoms with Crippen molar-refractivity contribution in [2.75, 3.05) is 0 Å². The Labute approximate surface area is 198 Å². The summed E-state index contributed by atoms with van der Waals surface area (Å²) in [5.41, 5.74) is 2.95. The zero-order valence-electron chi connectivity index (χ0n) is 15.8. The van der Waals surface area contributed by atoms with Gasteiger partial charge < -0.3 is 4.74 Å². The number of hydrogen-bond donors (Lipinski definition) is 1. The van der Waals surface area contributed by atoms with Gasteiger partial charge in [0.05, 0.1) is 15.3 Å². The van der Waals surface area contributed by atoms with E-state index in [1.54, 1.807) is 12.1 Å². The highest BCUT2D eigenvalue weighted by molar-refractivity contribution is 14.1. The molecule has 3 aromatic rings. The average Bonchev–Trinajstić information content (AvgIpc) is 2.74. The highest BCUT2D eigenvalue weighted by Crippen LogP contribution is 2.29. The number of nitrogens with zero attached hydrogens (tertiary/aromatic N) is 1. The van der Waals surface area contributed by atoms with Gasteiger partial charge in [0.25, 0.3) is 5.91 Å². The van der Waals surface area contributed by atoms with Crippen molar-refractivity contribution in [1.82, 2.24) is 5.43 Å². The van der Waals surface area contributed by atoms with Gasteiger partial charge in [0, 0.05) is 10.0 Å². The third-order valence-electron chi connectivity index (χ3n) is 4.10. The van der Waals surface area contributed by atoms with Gasteiger partial charge in [-0.25, -0.2) is 5.43 Å². The maximum atomic E-state index is 12.8. The molecule has 0 spiro atoms. The van der Waals surface area contributed by atoms with E-state index in [1.807, 2.05) is 30.3 Å². The first-order chi connectivity index (χ1) is 14.7. The maximum Gasteiger partial charge on any atom is 0.416 e. The molecule has 0 aromatic heterocycles. The van der Waals surface area contributed by atoms with Crippen LogP contribution in [0.4, 0.5) is 13.2 Å². The van der Waals surface area contributed by atoms with E-state index in [4.69, 9.17) is 4.74 Å². The number of alkyl halides is 3. The second-order valence-electron chi connectivity index (χ2n) is 6.38. The number of halogens is 5. The molecule has 160 valence electrons. The molecule has 0 heterocycles. The number of benzene rings is 3. The van der Waals surface area contributed by atoms with E-state index in [0.29, 0.717) is 17.9 Å². The quantitative estimate of drug-likeness (QED) is 0.201. The van der Waals surface area contributed by atoms with Gasteiger partial charge in [-0.15, -0.1) is 0 Å². The minimum absolute atomic E-state index is 0.127. The molecule has 9 heteroatoms. The molecule has 0 saturated carbocycles. The van der Waals surface area contributed by atoms with Crippen LogP contribution in [0.1, 0.15) is 27.0 Å². The fourth-order valence-corrected chi connectivity index (χ4v) is 3.48. The van der Waals surface area contributed by atoms with E-state index in [2.05, 4.69) is 49.0 Å². The minimum Gasteiger partial charge on any atom is -0.488 e. The lowest BCUT2D eigenvalue weighted by molar-refractivity contribution is -0.137. The lowest BCUT2D eigenvalue weighted by atomic mass is 10.1. The van der Waals surface area contributed by atoms with Crippen molar-refractivity contribution in [3.63, 3.8) is 0 Å². The van der Waals surface area contributed by atoms with Crippen LogP contribution in [0.25, 0.3) is 0 Å². The van der Waals surface area contributed by atoms with E-state index in [1.165, 1.54) is 18.3 Å². The number of hydrazone groups is 1. The van der Waals surface area contributed by atoms with Gasteiger partial charge in [-0.2, -0.15) is 18.3 Å². The second kappa shape index (κ2) is 10.3. The van der Waals surface area contributed by atoms with Gasteiger partial charge in [0.2, 0.25) is 0 Å². The van der Waals surface area contributed by atoms with Gasteiger partial charge in [-0.1, -0.05) is 34.1 Å². The van der Waals surface area contributed by atoms with E-state index in [9.17, 15) is 18.0 Å². The maximum absolute atomic E-state index is 12.8. The highest BCUT2D eigenvalue weighted by Gasteiger charge is 2.30. The lowest BCUT2D eigenvalue weighted by Crippen LogP contribution is -2.18. The van der Waals surface area contributed by atoms with Gasteiger partial charge >= 0.3 is 6.18 Å². The van der Waals surface area contributed by atoms with Crippen LogP contribution in [-0.4, -0.2) is 12.1 Å². The number of rotatable bonds is 6. The molecule has 0 fully saturated rings. The predicted molar refractivity (Wildman–Crippen MR) is 124 cm³/mol. The Hall–Kier alpha value is -2.40. The van der Waals surface area contributed by atoms with Crippen molar-refractivity contribution in [3.8, 4) is 5.75 Å². The van der Waals surface area contributed by atoms with Crippen LogP contribution in [0.5, 0.6) is 5.75 Å². The fourth-order valence-electron chi connectivity index (χ4n) is 2.52. The molecule has 0 saturated heterocycles. The number of hydrogen-bond acceptors (Lipinski definition) is 3. The second-order valence-corrected chi connectivity index (χ2v) is 8.46. The average molecular weight is 603 g/mol. The standard InChI is InChI=1S/C22H15BrF3IN2O2/c23-18-7-4-14(5-8-18)13-31-20-9-6-15(10-19(20)27)12-28-29-21(30)16-2-1-3-17(11-16)22(24,25)26/h1-12H,13H2,(H,29,30)/b28-12-. The molecule has 31 heavy (non-hydrogen) atoms. The van der Waals surface area contributed by atoms with Crippen molar-refractivity contribution in [3.05, 3.63) is 97.0 Å². The summed E-state index contributed by atoms with van der Waals surface area (Å²) in [5.74, 6) is -0.0276. The summed E-state index contributed by atoms with van der Waals surface area (Å²) < 4.78 is 46.0. The molecule has 3 aromatic carbocycles. The van der Waals surface area contributed by atoms with Crippen LogP contribution in [0, 0.1) is 3.57 Å². The first-order valence-corrected chi connectivity index (χ1v) is 10.8.